The van der Waals surface area contributed by atoms with Crippen molar-refractivity contribution in [3.63, 3.8) is 0 Å². The summed E-state index contributed by atoms with van der Waals surface area (Å²) in [5, 5.41) is 0.871. The first-order valence-corrected chi connectivity index (χ1v) is 8.78. The molecule has 0 amide bonds. The van der Waals surface area contributed by atoms with Gasteiger partial charge in [-0.15, -0.1) is 0 Å². The highest BCUT2D eigenvalue weighted by Crippen LogP contribution is 2.20. The van der Waals surface area contributed by atoms with Crippen LogP contribution in [0.1, 0.15) is 24.5 Å². The molecule has 0 aliphatic heterocycles. The summed E-state index contributed by atoms with van der Waals surface area (Å²) in [4.78, 5) is 14.9. The molecule has 0 saturated heterocycles. The van der Waals surface area contributed by atoms with Gasteiger partial charge in [0.05, 0.1) is 6.61 Å². The third-order valence-electron chi connectivity index (χ3n) is 4.25. The lowest BCUT2D eigenvalue weighted by Gasteiger charge is -2.08. The zero-order valence-corrected chi connectivity index (χ0v) is 14.8. The summed E-state index contributed by atoms with van der Waals surface area (Å²) >= 11 is 0. The van der Waals surface area contributed by atoms with E-state index in [4.69, 9.17) is 9.47 Å². The largest absolute Gasteiger partial charge is 0.482 e. The molecule has 1 aromatic heterocycles. The molecule has 1 N–H and O–H groups in total. The van der Waals surface area contributed by atoms with Gasteiger partial charge in [0.1, 0.15) is 11.6 Å². The highest BCUT2D eigenvalue weighted by atomic mass is 19.1. The van der Waals surface area contributed by atoms with Crippen molar-refractivity contribution in [3.05, 3.63) is 65.6 Å². The first-order valence-electron chi connectivity index (χ1n) is 8.78. The number of hydrogen-bond donors (Lipinski definition) is 1. The predicted molar refractivity (Wildman–Crippen MR) is 98.9 cm³/mol. The maximum Gasteiger partial charge on any atom is 0.344 e. The van der Waals surface area contributed by atoms with E-state index in [0.29, 0.717) is 25.2 Å². The number of fused-ring (bicyclic) bond motifs is 1. The Labute approximate surface area is 151 Å². The number of carbonyl (C=O) groups excluding carboxylic acids is 1. The number of rotatable bonds is 8. The number of hydrogen-bond acceptors (Lipinski definition) is 3. The third kappa shape index (κ3) is 4.63. The maximum absolute atomic E-state index is 13.4. The number of aromatic nitrogens is 1. The Morgan fingerprint density at radius 3 is 2.92 bits per heavy atom. The first kappa shape index (κ1) is 18.0. The van der Waals surface area contributed by atoms with Crippen molar-refractivity contribution in [3.8, 4) is 5.75 Å². The highest BCUT2D eigenvalue weighted by molar-refractivity contribution is 5.83. The highest BCUT2D eigenvalue weighted by Gasteiger charge is 2.07. The summed E-state index contributed by atoms with van der Waals surface area (Å²) in [6.45, 7) is 2.26. The molecule has 5 heteroatoms. The van der Waals surface area contributed by atoms with E-state index in [2.05, 4.69) is 11.9 Å². The number of H-pyrrole nitrogens is 1. The molecular formula is C21H22FNO3. The van der Waals surface area contributed by atoms with Gasteiger partial charge in [-0.1, -0.05) is 19.1 Å². The standard InChI is InChI=1S/C21H22FNO3/c1-2-15-5-3-7-18(11-15)26-14-21(24)25-10-4-6-16-13-23-20-9-8-17(22)12-19(16)20/h3,5,7-9,11-13,23H,2,4,6,10,14H2,1H3. The number of aryl methyl sites for hydroxylation is 2. The molecular weight excluding hydrogens is 333 g/mol. The maximum atomic E-state index is 13.4. The summed E-state index contributed by atoms with van der Waals surface area (Å²) in [5.74, 6) is 0.0214. The van der Waals surface area contributed by atoms with E-state index in [-0.39, 0.29) is 12.4 Å². The van der Waals surface area contributed by atoms with Crippen LogP contribution in [0, 0.1) is 5.82 Å². The molecule has 0 aliphatic carbocycles. The van der Waals surface area contributed by atoms with E-state index >= 15 is 0 Å². The Balaban J connectivity index is 1.41. The van der Waals surface area contributed by atoms with E-state index in [1.165, 1.54) is 12.1 Å². The average Bonchev–Trinajstić information content (AvgIpc) is 3.06. The minimum Gasteiger partial charge on any atom is -0.482 e. The predicted octanol–water partition coefficient (Wildman–Crippen LogP) is 4.42. The molecule has 2 aromatic carbocycles. The molecule has 3 rings (SSSR count). The Kier molecular flexibility index (Phi) is 5.89. The number of esters is 1. The van der Waals surface area contributed by atoms with Crippen LogP contribution in [0.3, 0.4) is 0 Å². The summed E-state index contributed by atoms with van der Waals surface area (Å²) < 4.78 is 24.0. The lowest BCUT2D eigenvalue weighted by Crippen LogP contribution is -2.15. The van der Waals surface area contributed by atoms with Crippen LogP contribution in [-0.2, 0) is 22.4 Å². The van der Waals surface area contributed by atoms with Gasteiger partial charge in [0.2, 0.25) is 0 Å². The number of nitrogens with one attached hydrogen (secondary N) is 1. The summed E-state index contributed by atoms with van der Waals surface area (Å²) in [6.07, 6.45) is 4.16. The molecule has 0 radical (unpaired) electrons. The Morgan fingerprint density at radius 1 is 1.19 bits per heavy atom. The van der Waals surface area contributed by atoms with Crippen LogP contribution in [0.4, 0.5) is 4.39 Å². The number of halogens is 1. The van der Waals surface area contributed by atoms with Crippen molar-refractivity contribution in [2.75, 3.05) is 13.2 Å². The van der Waals surface area contributed by atoms with E-state index in [1.54, 1.807) is 6.07 Å². The molecule has 0 bridgehead atoms. The number of benzene rings is 2. The molecule has 136 valence electrons. The molecule has 0 atom stereocenters. The van der Waals surface area contributed by atoms with Gasteiger partial charge in [-0.2, -0.15) is 0 Å². The number of carbonyl (C=O) groups is 1. The number of aromatic amines is 1. The molecule has 0 saturated carbocycles. The fraction of sp³-hybridized carbons (Fsp3) is 0.286. The van der Waals surface area contributed by atoms with Crippen LogP contribution in [0.2, 0.25) is 0 Å². The van der Waals surface area contributed by atoms with Crippen LogP contribution in [0.15, 0.2) is 48.7 Å². The van der Waals surface area contributed by atoms with Crippen LogP contribution in [0.5, 0.6) is 5.75 Å². The Hall–Kier alpha value is -2.82. The number of ether oxygens (including phenoxy) is 2. The van der Waals surface area contributed by atoms with Gasteiger partial charge in [-0.3, -0.25) is 0 Å². The van der Waals surface area contributed by atoms with Gasteiger partial charge < -0.3 is 14.5 Å². The van der Waals surface area contributed by atoms with Crippen molar-refractivity contribution in [2.24, 2.45) is 0 Å². The van der Waals surface area contributed by atoms with E-state index in [1.807, 2.05) is 30.5 Å². The van der Waals surface area contributed by atoms with Crippen molar-refractivity contribution >= 4 is 16.9 Å². The Bertz CT molecular complexity index is 888. The van der Waals surface area contributed by atoms with E-state index < -0.39 is 5.97 Å². The molecule has 3 aromatic rings. The lowest BCUT2D eigenvalue weighted by molar-refractivity contribution is -0.146. The second-order valence-corrected chi connectivity index (χ2v) is 6.12. The topological polar surface area (TPSA) is 51.3 Å². The van der Waals surface area contributed by atoms with Gasteiger partial charge in [0.15, 0.2) is 6.61 Å². The van der Waals surface area contributed by atoms with Crippen LogP contribution < -0.4 is 4.74 Å². The third-order valence-corrected chi connectivity index (χ3v) is 4.25. The van der Waals surface area contributed by atoms with Crippen molar-refractivity contribution in [1.82, 2.24) is 4.98 Å². The van der Waals surface area contributed by atoms with Gasteiger partial charge in [0, 0.05) is 17.1 Å². The lowest BCUT2D eigenvalue weighted by atomic mass is 10.1. The second-order valence-electron chi connectivity index (χ2n) is 6.12. The fourth-order valence-electron chi connectivity index (χ4n) is 2.85. The molecule has 0 aliphatic rings. The summed E-state index contributed by atoms with van der Waals surface area (Å²) in [6, 6.07) is 12.3. The SMILES string of the molecule is CCc1cccc(OCC(=O)OCCCc2c[nH]c3ccc(F)cc23)c1. The minimum atomic E-state index is -0.392. The normalized spacial score (nSPS) is 10.8. The zero-order chi connectivity index (χ0) is 18.4. The van der Waals surface area contributed by atoms with E-state index in [9.17, 15) is 9.18 Å². The first-order chi connectivity index (χ1) is 12.7. The average molecular weight is 355 g/mol. The summed E-state index contributed by atoms with van der Waals surface area (Å²) in [7, 11) is 0. The summed E-state index contributed by atoms with van der Waals surface area (Å²) in [5.41, 5.74) is 3.08. The molecule has 0 fully saturated rings. The quantitative estimate of drug-likeness (QED) is 0.481. The van der Waals surface area contributed by atoms with Crippen molar-refractivity contribution < 1.29 is 18.7 Å². The van der Waals surface area contributed by atoms with Crippen LogP contribution in [0.25, 0.3) is 10.9 Å². The molecule has 26 heavy (non-hydrogen) atoms. The molecule has 0 unspecified atom stereocenters. The van der Waals surface area contributed by atoms with Gasteiger partial charge in [-0.25, -0.2) is 9.18 Å². The van der Waals surface area contributed by atoms with Gasteiger partial charge in [0.25, 0.3) is 0 Å². The minimum absolute atomic E-state index is 0.106. The zero-order valence-electron chi connectivity index (χ0n) is 14.8. The van der Waals surface area contributed by atoms with Crippen LogP contribution >= 0.6 is 0 Å². The van der Waals surface area contributed by atoms with Gasteiger partial charge in [-0.05, 0) is 60.7 Å². The second kappa shape index (κ2) is 8.52. The van der Waals surface area contributed by atoms with Crippen molar-refractivity contribution in [1.29, 1.82) is 0 Å². The van der Waals surface area contributed by atoms with Crippen LogP contribution in [-0.4, -0.2) is 24.2 Å². The fourth-order valence-corrected chi connectivity index (χ4v) is 2.85. The monoisotopic (exact) mass is 355 g/mol. The smallest absolute Gasteiger partial charge is 0.344 e. The van der Waals surface area contributed by atoms with Gasteiger partial charge >= 0.3 is 5.97 Å². The molecule has 1 heterocycles. The van der Waals surface area contributed by atoms with Crippen molar-refractivity contribution in [2.45, 2.75) is 26.2 Å². The molecule has 0 spiro atoms. The molecule has 4 nitrogen and oxygen atoms in total. The Morgan fingerprint density at radius 2 is 2.08 bits per heavy atom. The van der Waals surface area contributed by atoms with E-state index in [0.717, 1.165) is 28.5 Å².